The van der Waals surface area contributed by atoms with Crippen molar-refractivity contribution in [3.8, 4) is 17.2 Å². The van der Waals surface area contributed by atoms with Crippen LogP contribution in [0.1, 0.15) is 33.6 Å². The average molecular weight is 398 g/mol. The highest BCUT2D eigenvalue weighted by Gasteiger charge is 2.18. The number of hydrogen-bond acceptors (Lipinski definition) is 7. The topological polar surface area (TPSA) is 80.3 Å². The van der Waals surface area contributed by atoms with Gasteiger partial charge in [-0.05, 0) is 55.3 Å². The number of ketones is 1. The Morgan fingerprint density at radius 3 is 2.45 bits per heavy atom. The standard InChI is InChI=1S/C22H22O7/c23-19(16-5-8-20-21(12-16)27-11-10-26-20)14-29-22(24)15-3-6-17(7-4-15)28-13-18-2-1-9-25-18/h3-8,12,18H,1-2,9-11,13-14H2/t18-/m0/s1. The van der Waals surface area contributed by atoms with Crippen LogP contribution in [0.4, 0.5) is 0 Å². The number of fused-ring (bicyclic) bond motifs is 1. The number of hydrogen-bond donors (Lipinski definition) is 0. The molecular weight excluding hydrogens is 376 g/mol. The van der Waals surface area contributed by atoms with Crippen LogP contribution < -0.4 is 14.2 Å². The summed E-state index contributed by atoms with van der Waals surface area (Å²) in [5.74, 6) is 0.899. The van der Waals surface area contributed by atoms with Crippen LogP contribution in [0.15, 0.2) is 42.5 Å². The minimum Gasteiger partial charge on any atom is -0.491 e. The van der Waals surface area contributed by atoms with Gasteiger partial charge in [-0.25, -0.2) is 4.79 Å². The summed E-state index contributed by atoms with van der Waals surface area (Å²) < 4.78 is 27.2. The number of Topliss-reactive ketones (excluding diaryl/α,β-unsaturated/α-hetero) is 1. The molecule has 7 nitrogen and oxygen atoms in total. The summed E-state index contributed by atoms with van der Waals surface area (Å²) in [6.07, 6.45) is 2.19. The van der Waals surface area contributed by atoms with E-state index in [2.05, 4.69) is 0 Å². The van der Waals surface area contributed by atoms with Gasteiger partial charge in [0, 0.05) is 12.2 Å². The monoisotopic (exact) mass is 398 g/mol. The van der Waals surface area contributed by atoms with Crippen LogP contribution >= 0.6 is 0 Å². The predicted molar refractivity (Wildman–Crippen MR) is 103 cm³/mol. The van der Waals surface area contributed by atoms with E-state index in [1.54, 1.807) is 42.5 Å². The van der Waals surface area contributed by atoms with Gasteiger partial charge in [-0.2, -0.15) is 0 Å². The Morgan fingerprint density at radius 1 is 0.931 bits per heavy atom. The normalized spacial score (nSPS) is 17.6. The summed E-state index contributed by atoms with van der Waals surface area (Å²) in [5.41, 5.74) is 0.754. The van der Waals surface area contributed by atoms with Gasteiger partial charge in [0.05, 0.1) is 11.7 Å². The fourth-order valence-corrected chi connectivity index (χ4v) is 3.17. The van der Waals surface area contributed by atoms with Gasteiger partial charge >= 0.3 is 5.97 Å². The molecule has 0 N–H and O–H groups in total. The fraction of sp³-hybridized carbons (Fsp3) is 0.364. The molecule has 2 aromatic carbocycles. The van der Waals surface area contributed by atoms with E-state index in [1.165, 1.54) is 0 Å². The van der Waals surface area contributed by atoms with Crippen LogP contribution in [-0.4, -0.2) is 50.9 Å². The largest absolute Gasteiger partial charge is 0.491 e. The zero-order chi connectivity index (χ0) is 20.1. The van der Waals surface area contributed by atoms with Gasteiger partial charge < -0.3 is 23.7 Å². The zero-order valence-electron chi connectivity index (χ0n) is 15.9. The van der Waals surface area contributed by atoms with Gasteiger partial charge in [-0.3, -0.25) is 4.79 Å². The summed E-state index contributed by atoms with van der Waals surface area (Å²) in [6, 6.07) is 11.5. The molecule has 4 rings (SSSR count). The molecule has 2 aliphatic heterocycles. The van der Waals surface area contributed by atoms with Crippen molar-refractivity contribution in [3.05, 3.63) is 53.6 Å². The molecule has 0 saturated carbocycles. The molecule has 2 aliphatic rings. The van der Waals surface area contributed by atoms with E-state index in [0.29, 0.717) is 48.2 Å². The van der Waals surface area contributed by atoms with Crippen molar-refractivity contribution in [3.63, 3.8) is 0 Å². The third kappa shape index (κ3) is 4.86. The van der Waals surface area contributed by atoms with E-state index in [4.69, 9.17) is 23.7 Å². The molecule has 0 aromatic heterocycles. The lowest BCUT2D eigenvalue weighted by atomic mass is 10.1. The summed E-state index contributed by atoms with van der Waals surface area (Å²) in [5, 5.41) is 0. The molecule has 0 radical (unpaired) electrons. The Morgan fingerprint density at radius 2 is 1.69 bits per heavy atom. The molecular formula is C22H22O7. The highest BCUT2D eigenvalue weighted by atomic mass is 16.6. The first-order valence-corrected chi connectivity index (χ1v) is 9.63. The second kappa shape index (κ2) is 8.96. The van der Waals surface area contributed by atoms with Gasteiger partial charge in [0.1, 0.15) is 25.6 Å². The first kappa shape index (κ1) is 19.3. The Hall–Kier alpha value is -3.06. The van der Waals surface area contributed by atoms with Gasteiger partial charge in [-0.1, -0.05) is 0 Å². The maximum Gasteiger partial charge on any atom is 0.338 e. The highest BCUT2D eigenvalue weighted by Crippen LogP contribution is 2.30. The number of benzene rings is 2. The summed E-state index contributed by atoms with van der Waals surface area (Å²) in [4.78, 5) is 24.5. The number of esters is 1. The third-order valence-corrected chi connectivity index (χ3v) is 4.75. The van der Waals surface area contributed by atoms with Crippen LogP contribution in [0.25, 0.3) is 0 Å². The number of ether oxygens (including phenoxy) is 5. The molecule has 0 spiro atoms. The lowest BCUT2D eigenvalue weighted by Gasteiger charge is -2.18. The Labute approximate surface area is 168 Å². The highest BCUT2D eigenvalue weighted by molar-refractivity contribution is 5.99. The lowest BCUT2D eigenvalue weighted by Crippen LogP contribution is -2.17. The molecule has 1 atom stereocenters. The van der Waals surface area contributed by atoms with Crippen LogP contribution in [0, 0.1) is 0 Å². The molecule has 0 bridgehead atoms. The Kier molecular flexibility index (Phi) is 5.95. The molecule has 1 saturated heterocycles. The van der Waals surface area contributed by atoms with E-state index in [9.17, 15) is 9.59 Å². The minimum atomic E-state index is -0.568. The molecule has 1 fully saturated rings. The SMILES string of the molecule is O=C(COC(=O)c1ccc(OC[C@@H]2CCCO2)cc1)c1ccc2c(c1)OCCO2. The molecule has 2 heterocycles. The van der Waals surface area contributed by atoms with Crippen LogP contribution in [0.5, 0.6) is 17.2 Å². The maximum absolute atomic E-state index is 12.3. The molecule has 0 aliphatic carbocycles. The van der Waals surface area contributed by atoms with E-state index in [-0.39, 0.29) is 18.5 Å². The summed E-state index contributed by atoms with van der Waals surface area (Å²) >= 11 is 0. The van der Waals surface area contributed by atoms with E-state index in [0.717, 1.165) is 19.4 Å². The molecule has 2 aromatic rings. The first-order chi connectivity index (χ1) is 14.2. The molecule has 0 unspecified atom stereocenters. The van der Waals surface area contributed by atoms with Gasteiger partial charge in [0.2, 0.25) is 0 Å². The number of rotatable bonds is 7. The van der Waals surface area contributed by atoms with E-state index >= 15 is 0 Å². The second-order valence-corrected chi connectivity index (χ2v) is 6.83. The fourth-order valence-electron chi connectivity index (χ4n) is 3.17. The second-order valence-electron chi connectivity index (χ2n) is 6.83. The quantitative estimate of drug-likeness (QED) is 0.524. The van der Waals surface area contributed by atoms with E-state index in [1.807, 2.05) is 0 Å². The third-order valence-electron chi connectivity index (χ3n) is 4.75. The first-order valence-electron chi connectivity index (χ1n) is 9.63. The van der Waals surface area contributed by atoms with Crippen molar-refractivity contribution in [2.24, 2.45) is 0 Å². The van der Waals surface area contributed by atoms with Crippen molar-refractivity contribution in [2.45, 2.75) is 18.9 Å². The van der Waals surface area contributed by atoms with Gasteiger partial charge in [0.15, 0.2) is 23.9 Å². The number of carbonyl (C=O) groups excluding carboxylic acids is 2. The van der Waals surface area contributed by atoms with Gasteiger partial charge in [-0.15, -0.1) is 0 Å². The van der Waals surface area contributed by atoms with Crippen molar-refractivity contribution in [2.75, 3.05) is 33.0 Å². The summed E-state index contributed by atoms with van der Waals surface area (Å²) in [6.45, 7) is 1.84. The predicted octanol–water partition coefficient (Wildman–Crippen LogP) is 3.06. The van der Waals surface area contributed by atoms with Crippen molar-refractivity contribution < 1.29 is 33.3 Å². The minimum absolute atomic E-state index is 0.131. The smallest absolute Gasteiger partial charge is 0.338 e. The average Bonchev–Trinajstić information content (AvgIpc) is 3.29. The van der Waals surface area contributed by atoms with Gasteiger partial charge in [0.25, 0.3) is 0 Å². The van der Waals surface area contributed by atoms with E-state index < -0.39 is 5.97 Å². The lowest BCUT2D eigenvalue weighted by molar-refractivity contribution is 0.0474. The Bertz CT molecular complexity index is 869. The van der Waals surface area contributed by atoms with Crippen LogP contribution in [0.2, 0.25) is 0 Å². The Balaban J connectivity index is 1.28. The molecule has 0 amide bonds. The maximum atomic E-state index is 12.3. The number of carbonyl (C=O) groups is 2. The van der Waals surface area contributed by atoms with Crippen molar-refractivity contribution in [1.29, 1.82) is 0 Å². The van der Waals surface area contributed by atoms with Crippen molar-refractivity contribution >= 4 is 11.8 Å². The summed E-state index contributed by atoms with van der Waals surface area (Å²) in [7, 11) is 0. The van der Waals surface area contributed by atoms with Crippen molar-refractivity contribution in [1.82, 2.24) is 0 Å². The molecule has 152 valence electrons. The zero-order valence-corrected chi connectivity index (χ0v) is 15.9. The van der Waals surface area contributed by atoms with Crippen LogP contribution in [-0.2, 0) is 9.47 Å². The molecule has 29 heavy (non-hydrogen) atoms. The van der Waals surface area contributed by atoms with Crippen LogP contribution in [0.3, 0.4) is 0 Å². The molecule has 7 heteroatoms.